The lowest BCUT2D eigenvalue weighted by Crippen LogP contribution is -2.44. The van der Waals surface area contributed by atoms with Gasteiger partial charge < -0.3 is 24.6 Å². The summed E-state index contributed by atoms with van der Waals surface area (Å²) >= 11 is 0. The third-order valence-electron chi connectivity index (χ3n) is 6.91. The van der Waals surface area contributed by atoms with Crippen molar-refractivity contribution in [2.24, 2.45) is 0 Å². The lowest BCUT2D eigenvalue weighted by Gasteiger charge is -2.34. The molecule has 0 atom stereocenters. The van der Waals surface area contributed by atoms with Crippen LogP contribution in [0.5, 0.6) is 0 Å². The van der Waals surface area contributed by atoms with E-state index in [-0.39, 0.29) is 24.5 Å². The molecule has 0 saturated carbocycles. The van der Waals surface area contributed by atoms with Gasteiger partial charge in [0.05, 0.1) is 29.9 Å². The Morgan fingerprint density at radius 1 is 1.10 bits per heavy atom. The molecule has 2 amide bonds. The monoisotopic (exact) mass is 544 g/mol. The third-order valence-corrected chi connectivity index (χ3v) is 6.91. The second kappa shape index (κ2) is 10.5. The van der Waals surface area contributed by atoms with Crippen LogP contribution in [0.25, 0.3) is 0 Å². The molecule has 11 nitrogen and oxygen atoms in total. The zero-order chi connectivity index (χ0) is 28.7. The van der Waals surface area contributed by atoms with Crippen LogP contribution in [-0.4, -0.2) is 83.1 Å². The van der Waals surface area contributed by atoms with E-state index in [0.29, 0.717) is 16.9 Å². The van der Waals surface area contributed by atoms with E-state index in [1.54, 1.807) is 47.6 Å². The fraction of sp³-hybridized carbons (Fsp3) is 0.556. The van der Waals surface area contributed by atoms with E-state index < -0.39 is 35.1 Å². The molecular weight excluding hydrogens is 507 g/mol. The number of anilines is 2. The fourth-order valence-corrected chi connectivity index (χ4v) is 4.75. The van der Waals surface area contributed by atoms with Crippen LogP contribution in [0, 0.1) is 5.82 Å². The van der Waals surface area contributed by atoms with Crippen molar-refractivity contribution in [1.82, 2.24) is 19.6 Å². The van der Waals surface area contributed by atoms with Crippen molar-refractivity contribution in [3.05, 3.63) is 40.8 Å². The Balaban J connectivity index is 1.64. The van der Waals surface area contributed by atoms with Crippen molar-refractivity contribution in [1.29, 1.82) is 0 Å². The minimum Gasteiger partial charge on any atom is -0.448 e. The fourth-order valence-electron chi connectivity index (χ4n) is 4.75. The molecule has 0 aliphatic carbocycles. The molecule has 2 aliphatic rings. The lowest BCUT2D eigenvalue weighted by molar-refractivity contribution is 0.00442. The summed E-state index contributed by atoms with van der Waals surface area (Å²) in [5, 5.41) is 7.07. The van der Waals surface area contributed by atoms with Gasteiger partial charge in [-0.1, -0.05) is 0 Å². The number of likely N-dealkylation sites (N-methyl/N-ethyl adjacent to an activating group) is 1. The molecule has 2 aliphatic heterocycles. The van der Waals surface area contributed by atoms with Crippen LogP contribution in [0.2, 0.25) is 0 Å². The summed E-state index contributed by atoms with van der Waals surface area (Å²) in [4.78, 5) is 44.8. The molecule has 1 fully saturated rings. The Morgan fingerprint density at radius 2 is 1.77 bits per heavy atom. The Labute approximate surface area is 227 Å². The first-order valence-corrected chi connectivity index (χ1v) is 13.1. The Morgan fingerprint density at radius 3 is 2.36 bits per heavy atom. The molecule has 1 aromatic carbocycles. The highest BCUT2D eigenvalue weighted by Gasteiger charge is 2.47. The number of aromatic nitrogens is 2. The second-order valence-electron chi connectivity index (χ2n) is 11.3. The first-order valence-electron chi connectivity index (χ1n) is 13.1. The molecule has 0 bridgehead atoms. The first-order chi connectivity index (χ1) is 18.2. The number of halogens is 1. The van der Waals surface area contributed by atoms with Crippen LogP contribution in [0.15, 0.2) is 18.2 Å². The molecule has 1 N–H and O–H groups in total. The quantitative estimate of drug-likeness (QED) is 0.615. The highest BCUT2D eigenvalue weighted by atomic mass is 19.1. The number of carbonyl (C=O) groups excluding carboxylic acids is 3. The Bertz CT molecular complexity index is 1280. The van der Waals surface area contributed by atoms with Crippen molar-refractivity contribution < 1.29 is 28.2 Å². The van der Waals surface area contributed by atoms with E-state index in [9.17, 15) is 14.4 Å². The SMILES string of the molecule is CCOC(=O)n1nc2c(c1NC(=O)c1ccc(N3CCN(C)CC3)cc1F)CN(C(=O)OC(C)(C)C)C2(C)C. The van der Waals surface area contributed by atoms with Crippen LogP contribution >= 0.6 is 0 Å². The van der Waals surface area contributed by atoms with Gasteiger partial charge in [0, 0.05) is 37.4 Å². The van der Waals surface area contributed by atoms with Gasteiger partial charge in [0.15, 0.2) is 0 Å². The number of carbonyl (C=O) groups is 3. The number of amides is 2. The molecule has 12 heteroatoms. The van der Waals surface area contributed by atoms with Crippen molar-refractivity contribution >= 4 is 29.6 Å². The standard InChI is InChI=1S/C27H37FN6O5/c1-8-38-25(37)34-22(19-16-33(24(36)39-26(2,3)4)27(5,6)21(19)30-34)29-23(35)18-10-9-17(15-20(18)28)32-13-11-31(7)12-14-32/h9-10,15H,8,11-14,16H2,1-7H3,(H,29,35). The second-order valence-corrected chi connectivity index (χ2v) is 11.3. The van der Waals surface area contributed by atoms with Crippen molar-refractivity contribution in [2.45, 2.75) is 59.2 Å². The number of benzene rings is 1. The number of hydrogen-bond acceptors (Lipinski definition) is 8. The smallest absolute Gasteiger partial charge is 0.436 e. The average molecular weight is 545 g/mol. The third kappa shape index (κ3) is 5.70. The van der Waals surface area contributed by atoms with Gasteiger partial charge in [-0.3, -0.25) is 9.69 Å². The number of hydrogen-bond donors (Lipinski definition) is 1. The van der Waals surface area contributed by atoms with Crippen molar-refractivity contribution in [2.75, 3.05) is 50.1 Å². The zero-order valence-corrected chi connectivity index (χ0v) is 23.6. The van der Waals surface area contributed by atoms with Crippen LogP contribution in [0.4, 0.5) is 25.5 Å². The predicted molar refractivity (Wildman–Crippen MR) is 144 cm³/mol. The predicted octanol–water partition coefficient (Wildman–Crippen LogP) is 4.02. The molecule has 1 aromatic heterocycles. The summed E-state index contributed by atoms with van der Waals surface area (Å²) < 4.78 is 26.8. The van der Waals surface area contributed by atoms with Crippen LogP contribution in [0.1, 0.15) is 63.2 Å². The van der Waals surface area contributed by atoms with Gasteiger partial charge >= 0.3 is 12.2 Å². The normalized spacial score (nSPS) is 17.1. The maximum atomic E-state index is 15.2. The van der Waals surface area contributed by atoms with Gasteiger partial charge in [-0.05, 0) is 66.8 Å². The topological polar surface area (TPSA) is 109 Å². The maximum absolute atomic E-state index is 15.2. The van der Waals surface area contributed by atoms with Crippen LogP contribution < -0.4 is 10.2 Å². The first kappa shape index (κ1) is 28.3. The summed E-state index contributed by atoms with van der Waals surface area (Å²) in [6.45, 7) is 13.9. The molecule has 212 valence electrons. The minimum absolute atomic E-state index is 0.0233. The lowest BCUT2D eigenvalue weighted by atomic mass is 10.0. The van der Waals surface area contributed by atoms with Crippen LogP contribution in [-0.2, 0) is 21.6 Å². The van der Waals surface area contributed by atoms with Gasteiger partial charge in [0.25, 0.3) is 5.91 Å². The number of nitrogens with zero attached hydrogens (tertiary/aromatic N) is 5. The van der Waals surface area contributed by atoms with E-state index >= 15 is 4.39 Å². The molecule has 1 saturated heterocycles. The molecule has 2 aromatic rings. The molecule has 0 radical (unpaired) electrons. The molecule has 3 heterocycles. The van der Waals surface area contributed by atoms with Gasteiger partial charge in [0.2, 0.25) is 0 Å². The summed E-state index contributed by atoms with van der Waals surface area (Å²) in [6, 6.07) is 4.49. The van der Waals surface area contributed by atoms with E-state index in [0.717, 1.165) is 30.9 Å². The van der Waals surface area contributed by atoms with Gasteiger partial charge in [-0.15, -0.1) is 4.68 Å². The summed E-state index contributed by atoms with van der Waals surface area (Å²) in [6.07, 6.45) is -1.36. The van der Waals surface area contributed by atoms with Crippen LogP contribution in [0.3, 0.4) is 0 Å². The van der Waals surface area contributed by atoms with Gasteiger partial charge in [0.1, 0.15) is 17.2 Å². The Hall–Kier alpha value is -3.67. The molecular formula is C27H37FN6O5. The molecule has 39 heavy (non-hydrogen) atoms. The minimum atomic E-state index is -0.954. The van der Waals surface area contributed by atoms with Crippen molar-refractivity contribution in [3.8, 4) is 0 Å². The van der Waals surface area contributed by atoms with E-state index in [1.807, 2.05) is 7.05 Å². The Kier molecular flexibility index (Phi) is 7.61. The number of piperazine rings is 1. The highest BCUT2D eigenvalue weighted by Crippen LogP contribution is 2.42. The largest absolute Gasteiger partial charge is 0.448 e. The summed E-state index contributed by atoms with van der Waals surface area (Å²) in [5.74, 6) is -1.41. The number of ether oxygens (including phenoxy) is 2. The average Bonchev–Trinajstić information content (AvgIpc) is 3.32. The van der Waals surface area contributed by atoms with E-state index in [1.165, 1.54) is 17.0 Å². The zero-order valence-electron chi connectivity index (χ0n) is 23.6. The molecule has 4 rings (SSSR count). The molecule has 0 unspecified atom stereocenters. The van der Waals surface area contributed by atoms with E-state index in [2.05, 4.69) is 20.2 Å². The summed E-state index contributed by atoms with van der Waals surface area (Å²) in [5.41, 5.74) is -0.305. The van der Waals surface area contributed by atoms with Gasteiger partial charge in [-0.2, -0.15) is 5.10 Å². The van der Waals surface area contributed by atoms with E-state index in [4.69, 9.17) is 9.47 Å². The number of fused-ring (bicyclic) bond motifs is 1. The number of rotatable bonds is 4. The molecule has 0 spiro atoms. The van der Waals surface area contributed by atoms with Gasteiger partial charge in [-0.25, -0.2) is 14.0 Å². The maximum Gasteiger partial charge on any atom is 0.436 e. The highest BCUT2D eigenvalue weighted by molar-refractivity contribution is 6.05. The summed E-state index contributed by atoms with van der Waals surface area (Å²) in [7, 11) is 2.04. The number of nitrogens with one attached hydrogen (secondary N) is 1. The van der Waals surface area contributed by atoms with Crippen molar-refractivity contribution in [3.63, 3.8) is 0 Å².